The van der Waals surface area contributed by atoms with Crippen LogP contribution < -0.4 is 11.3 Å². The summed E-state index contributed by atoms with van der Waals surface area (Å²) in [5.74, 6) is 0.919. The van der Waals surface area contributed by atoms with Gasteiger partial charge in [-0.15, -0.1) is 11.3 Å². The second kappa shape index (κ2) is 4.99. The van der Waals surface area contributed by atoms with Gasteiger partial charge in [-0.25, -0.2) is 4.98 Å². The summed E-state index contributed by atoms with van der Waals surface area (Å²) in [6.07, 6.45) is 5.42. The fourth-order valence-corrected chi connectivity index (χ4v) is 3.63. The highest BCUT2D eigenvalue weighted by Crippen LogP contribution is 2.34. The molecule has 1 aliphatic carbocycles. The molecule has 0 aromatic carbocycles. The standard InChI is InChI=1S/C14H15N5O2S/c15-14(4-1-2-5-14)13-17-10(21-18-13)7-19-8-16-11-9(12(19)20)3-6-22-11/h3,6,8H,1-2,4-5,7,15H2. The molecule has 1 aliphatic rings. The Labute approximate surface area is 129 Å². The average Bonchev–Trinajstić information content (AvgIpc) is 3.22. The highest BCUT2D eigenvalue weighted by atomic mass is 32.1. The van der Waals surface area contributed by atoms with Gasteiger partial charge in [0.25, 0.3) is 5.56 Å². The maximum Gasteiger partial charge on any atom is 0.262 e. The quantitative estimate of drug-likeness (QED) is 0.788. The third-order valence-corrected chi connectivity index (χ3v) is 4.99. The Morgan fingerprint density at radius 2 is 2.23 bits per heavy atom. The minimum Gasteiger partial charge on any atom is -0.337 e. The van der Waals surface area contributed by atoms with E-state index >= 15 is 0 Å². The van der Waals surface area contributed by atoms with Crippen molar-refractivity contribution in [1.82, 2.24) is 19.7 Å². The summed E-state index contributed by atoms with van der Waals surface area (Å²) in [4.78, 5) is 21.7. The maximum absolute atomic E-state index is 12.3. The first-order valence-electron chi connectivity index (χ1n) is 7.20. The van der Waals surface area contributed by atoms with E-state index in [2.05, 4.69) is 15.1 Å². The van der Waals surface area contributed by atoms with Crippen molar-refractivity contribution in [3.63, 3.8) is 0 Å². The van der Waals surface area contributed by atoms with Gasteiger partial charge in [-0.1, -0.05) is 18.0 Å². The van der Waals surface area contributed by atoms with Gasteiger partial charge in [-0.2, -0.15) is 4.98 Å². The number of aromatic nitrogens is 4. The van der Waals surface area contributed by atoms with Gasteiger partial charge in [0, 0.05) is 0 Å². The summed E-state index contributed by atoms with van der Waals surface area (Å²) in [5.41, 5.74) is 5.73. The summed E-state index contributed by atoms with van der Waals surface area (Å²) in [5, 5.41) is 6.47. The molecule has 3 heterocycles. The van der Waals surface area contributed by atoms with Gasteiger partial charge in [-0.05, 0) is 24.3 Å². The third kappa shape index (κ3) is 2.15. The van der Waals surface area contributed by atoms with Crippen molar-refractivity contribution < 1.29 is 4.52 Å². The number of fused-ring (bicyclic) bond motifs is 1. The van der Waals surface area contributed by atoms with Crippen molar-refractivity contribution >= 4 is 21.6 Å². The Bertz CT molecular complexity index is 875. The first-order chi connectivity index (χ1) is 10.7. The van der Waals surface area contributed by atoms with E-state index in [1.165, 1.54) is 22.2 Å². The van der Waals surface area contributed by atoms with Gasteiger partial charge in [0.15, 0.2) is 5.82 Å². The zero-order chi connectivity index (χ0) is 15.2. The molecule has 3 aromatic rings. The van der Waals surface area contributed by atoms with Crippen LogP contribution >= 0.6 is 11.3 Å². The molecule has 7 nitrogen and oxygen atoms in total. The minimum absolute atomic E-state index is 0.102. The summed E-state index contributed by atoms with van der Waals surface area (Å²) in [6, 6.07) is 1.78. The van der Waals surface area contributed by atoms with Crippen molar-refractivity contribution in [2.24, 2.45) is 5.73 Å². The van der Waals surface area contributed by atoms with Crippen LogP contribution in [0.1, 0.15) is 37.4 Å². The molecule has 0 aliphatic heterocycles. The number of thiophene rings is 1. The first kappa shape index (κ1) is 13.6. The van der Waals surface area contributed by atoms with Crippen LogP contribution in [-0.4, -0.2) is 19.7 Å². The topological polar surface area (TPSA) is 99.8 Å². The lowest BCUT2D eigenvalue weighted by Crippen LogP contribution is -2.34. The summed E-state index contributed by atoms with van der Waals surface area (Å²) in [7, 11) is 0. The second-order valence-corrected chi connectivity index (χ2v) is 6.59. The van der Waals surface area contributed by atoms with Crippen molar-refractivity contribution in [1.29, 1.82) is 0 Å². The number of nitrogens with two attached hydrogens (primary N) is 1. The van der Waals surface area contributed by atoms with Gasteiger partial charge >= 0.3 is 0 Å². The smallest absolute Gasteiger partial charge is 0.262 e. The molecule has 0 unspecified atom stereocenters. The Morgan fingerprint density at radius 3 is 3.05 bits per heavy atom. The van der Waals surface area contributed by atoms with Crippen LogP contribution in [0.4, 0.5) is 0 Å². The molecule has 0 atom stereocenters. The molecule has 3 aromatic heterocycles. The molecule has 0 spiro atoms. The molecular weight excluding hydrogens is 302 g/mol. The first-order valence-corrected chi connectivity index (χ1v) is 8.08. The Morgan fingerprint density at radius 1 is 1.41 bits per heavy atom. The Kier molecular flexibility index (Phi) is 3.08. The lowest BCUT2D eigenvalue weighted by atomic mass is 9.99. The molecule has 8 heteroatoms. The van der Waals surface area contributed by atoms with Gasteiger partial charge in [0.1, 0.15) is 11.4 Å². The normalized spacial score (nSPS) is 17.3. The van der Waals surface area contributed by atoms with E-state index in [1.807, 2.05) is 5.38 Å². The molecule has 1 fully saturated rings. The molecule has 0 radical (unpaired) electrons. The fraction of sp³-hybridized carbons (Fsp3) is 0.429. The molecule has 22 heavy (non-hydrogen) atoms. The van der Waals surface area contributed by atoms with Crippen molar-refractivity contribution in [2.75, 3.05) is 0 Å². The number of hydrogen-bond acceptors (Lipinski definition) is 7. The van der Waals surface area contributed by atoms with Gasteiger partial charge in [0.2, 0.25) is 5.89 Å². The second-order valence-electron chi connectivity index (χ2n) is 5.69. The van der Waals surface area contributed by atoms with Crippen molar-refractivity contribution in [3.05, 3.63) is 39.8 Å². The fourth-order valence-electron chi connectivity index (χ4n) is 2.90. The largest absolute Gasteiger partial charge is 0.337 e. The summed E-state index contributed by atoms with van der Waals surface area (Å²) >= 11 is 1.44. The van der Waals surface area contributed by atoms with E-state index in [4.69, 9.17) is 10.3 Å². The molecule has 2 N–H and O–H groups in total. The molecule has 0 bridgehead atoms. The van der Waals surface area contributed by atoms with Gasteiger partial charge in [0.05, 0.1) is 17.3 Å². The number of nitrogens with zero attached hydrogens (tertiary/aromatic N) is 4. The highest BCUT2D eigenvalue weighted by molar-refractivity contribution is 7.16. The highest BCUT2D eigenvalue weighted by Gasteiger charge is 2.35. The van der Waals surface area contributed by atoms with E-state index in [9.17, 15) is 4.79 Å². The van der Waals surface area contributed by atoms with E-state index in [0.717, 1.165) is 30.5 Å². The third-order valence-electron chi connectivity index (χ3n) is 4.17. The SMILES string of the molecule is NC1(c2noc(Cn3cnc4sccc4c3=O)n2)CCCC1. The molecule has 0 saturated heterocycles. The monoisotopic (exact) mass is 317 g/mol. The van der Waals surface area contributed by atoms with Crippen LogP contribution in [0.25, 0.3) is 10.2 Å². The molecule has 0 amide bonds. The molecule has 4 rings (SSSR count). The van der Waals surface area contributed by atoms with E-state index in [-0.39, 0.29) is 12.1 Å². The van der Waals surface area contributed by atoms with Crippen LogP contribution in [-0.2, 0) is 12.1 Å². The van der Waals surface area contributed by atoms with Crippen LogP contribution in [0, 0.1) is 0 Å². The Balaban J connectivity index is 1.64. The average molecular weight is 317 g/mol. The van der Waals surface area contributed by atoms with Gasteiger partial charge in [-0.3, -0.25) is 9.36 Å². The Hall–Kier alpha value is -2.06. The number of rotatable bonds is 3. The predicted molar refractivity (Wildman–Crippen MR) is 81.6 cm³/mol. The van der Waals surface area contributed by atoms with Crippen LogP contribution in [0.2, 0.25) is 0 Å². The lowest BCUT2D eigenvalue weighted by molar-refractivity contribution is 0.343. The minimum atomic E-state index is -0.484. The number of hydrogen-bond donors (Lipinski definition) is 1. The van der Waals surface area contributed by atoms with Crippen molar-refractivity contribution in [2.45, 2.75) is 37.8 Å². The molecule has 114 valence electrons. The van der Waals surface area contributed by atoms with E-state index < -0.39 is 5.54 Å². The van der Waals surface area contributed by atoms with Crippen LogP contribution in [0.15, 0.2) is 27.1 Å². The summed E-state index contributed by atoms with van der Waals surface area (Å²) in [6.45, 7) is 0.209. The van der Waals surface area contributed by atoms with E-state index in [0.29, 0.717) is 17.1 Å². The lowest BCUT2D eigenvalue weighted by Gasteiger charge is -2.17. The summed E-state index contributed by atoms with van der Waals surface area (Å²) < 4.78 is 6.75. The zero-order valence-electron chi connectivity index (χ0n) is 11.9. The van der Waals surface area contributed by atoms with Gasteiger partial charge < -0.3 is 10.3 Å². The predicted octanol–water partition coefficient (Wildman–Crippen LogP) is 1.62. The van der Waals surface area contributed by atoms with Crippen LogP contribution in [0.3, 0.4) is 0 Å². The molecular formula is C14H15N5O2S. The maximum atomic E-state index is 12.3. The zero-order valence-corrected chi connectivity index (χ0v) is 12.7. The molecule has 1 saturated carbocycles. The van der Waals surface area contributed by atoms with E-state index in [1.54, 1.807) is 6.07 Å². The van der Waals surface area contributed by atoms with Crippen LogP contribution in [0.5, 0.6) is 0 Å². The van der Waals surface area contributed by atoms with Crippen molar-refractivity contribution in [3.8, 4) is 0 Å².